The zero-order chi connectivity index (χ0) is 0. The van der Waals surface area contributed by atoms with E-state index in [-0.39, 0.29) is 52.8 Å². The van der Waals surface area contributed by atoms with Crippen molar-refractivity contribution in [2.75, 3.05) is 0 Å². The molecule has 0 aromatic carbocycles. The van der Waals surface area contributed by atoms with Crippen molar-refractivity contribution in [1.82, 2.24) is 0 Å². The Morgan fingerprint density at radius 1 is 0.750 bits per heavy atom. The van der Waals surface area contributed by atoms with Gasteiger partial charge >= 0.3 is 43.4 Å². The SMILES string of the molecule is [F-].[F-].[Sn+4].[Zn+2]. The Morgan fingerprint density at radius 3 is 0.750 bits per heavy atom. The van der Waals surface area contributed by atoms with Crippen LogP contribution >= 0.6 is 0 Å². The van der Waals surface area contributed by atoms with Gasteiger partial charge in [-0.1, -0.05) is 0 Å². The van der Waals surface area contributed by atoms with Gasteiger partial charge in [-0.15, -0.1) is 0 Å². The Balaban J connectivity index is 0. The topological polar surface area (TPSA) is 0 Å². The molecule has 0 saturated heterocycles. The first-order valence-electron chi connectivity index (χ1n) is 0. The van der Waals surface area contributed by atoms with Gasteiger partial charge in [-0.3, -0.25) is 0 Å². The first kappa shape index (κ1) is 58.9. The summed E-state index contributed by atoms with van der Waals surface area (Å²) in [5.41, 5.74) is 0. The standard InChI is InChI=1S/2FH.Sn.Zn/h2*1H;;/q;;+4;+2/p-2. The van der Waals surface area contributed by atoms with Crippen molar-refractivity contribution < 1.29 is 28.9 Å². The molecule has 0 spiro atoms. The molecular weight excluding hydrogens is 222 g/mol. The summed E-state index contributed by atoms with van der Waals surface area (Å²) in [7, 11) is 0. The van der Waals surface area contributed by atoms with Gasteiger partial charge in [-0.25, -0.2) is 0 Å². The molecule has 4 heteroatoms. The van der Waals surface area contributed by atoms with E-state index >= 15 is 0 Å². The third-order valence-electron chi connectivity index (χ3n) is 0. The Bertz CT molecular complexity index is 6.00. The molecule has 0 nitrogen and oxygen atoms in total. The summed E-state index contributed by atoms with van der Waals surface area (Å²) in [5.74, 6) is 0. The Labute approximate surface area is 52.8 Å². The fourth-order valence-corrected chi connectivity index (χ4v) is 0. The summed E-state index contributed by atoms with van der Waals surface area (Å²) in [6.45, 7) is 0. The van der Waals surface area contributed by atoms with E-state index in [4.69, 9.17) is 0 Å². The second-order valence-corrected chi connectivity index (χ2v) is 0. The molecule has 0 aliphatic heterocycles. The van der Waals surface area contributed by atoms with Gasteiger partial charge < -0.3 is 9.41 Å². The molecule has 0 bridgehead atoms. The average Bonchev–Trinajstić information content (AvgIpc) is 0. The van der Waals surface area contributed by atoms with Crippen LogP contribution in [-0.2, 0) is 19.5 Å². The van der Waals surface area contributed by atoms with Crippen LogP contribution in [0.2, 0.25) is 0 Å². The largest absolute Gasteiger partial charge is 4.00 e. The molecule has 4 heavy (non-hydrogen) atoms. The van der Waals surface area contributed by atoms with E-state index in [2.05, 4.69) is 0 Å². The van der Waals surface area contributed by atoms with Crippen molar-refractivity contribution in [2.45, 2.75) is 0 Å². The molecule has 0 amide bonds. The van der Waals surface area contributed by atoms with E-state index in [1.165, 1.54) is 0 Å². The molecule has 0 heterocycles. The van der Waals surface area contributed by atoms with Crippen molar-refractivity contribution in [3.63, 3.8) is 0 Å². The number of hydrogen-bond acceptors (Lipinski definition) is 0. The predicted molar refractivity (Wildman–Crippen MR) is 5.75 cm³/mol. The number of rotatable bonds is 0. The number of hydrogen-bond donors (Lipinski definition) is 0. The summed E-state index contributed by atoms with van der Waals surface area (Å²) in [4.78, 5) is 0. The van der Waals surface area contributed by atoms with E-state index in [9.17, 15) is 0 Å². The van der Waals surface area contributed by atoms with Crippen molar-refractivity contribution >= 4 is 23.9 Å². The van der Waals surface area contributed by atoms with Crippen LogP contribution < -0.4 is 9.41 Å². The van der Waals surface area contributed by atoms with Crippen LogP contribution in [0.15, 0.2) is 0 Å². The first-order chi connectivity index (χ1) is 0. The molecular formula is F2SnZn+4. The van der Waals surface area contributed by atoms with Gasteiger partial charge in [0.2, 0.25) is 0 Å². The van der Waals surface area contributed by atoms with Gasteiger partial charge in [0, 0.05) is 0 Å². The Kier molecular flexibility index (Phi) is 413. The third-order valence-corrected chi connectivity index (χ3v) is 0. The second kappa shape index (κ2) is 28.1. The van der Waals surface area contributed by atoms with Crippen molar-refractivity contribution in [2.24, 2.45) is 0 Å². The zero-order valence-corrected chi connectivity index (χ0v) is 7.78. The number of halogens is 2. The molecule has 0 radical (unpaired) electrons. The zero-order valence-electron chi connectivity index (χ0n) is 1.96. The predicted octanol–water partition coefficient (Wildman–Crippen LogP) is -6.38. The van der Waals surface area contributed by atoms with Gasteiger partial charge in [-0.05, 0) is 0 Å². The van der Waals surface area contributed by atoms with Crippen LogP contribution in [0.25, 0.3) is 0 Å². The summed E-state index contributed by atoms with van der Waals surface area (Å²) in [5, 5.41) is 0. The summed E-state index contributed by atoms with van der Waals surface area (Å²) in [6.07, 6.45) is 0. The molecule has 0 aliphatic carbocycles. The monoisotopic (exact) mass is 222 g/mol. The smallest absolute Gasteiger partial charge is 1.00 e. The van der Waals surface area contributed by atoms with Gasteiger partial charge in [0.25, 0.3) is 0 Å². The fraction of sp³-hybridized carbons (Fsp3) is 0. The van der Waals surface area contributed by atoms with Gasteiger partial charge in [0.15, 0.2) is 0 Å². The molecule has 16 valence electrons. The summed E-state index contributed by atoms with van der Waals surface area (Å²) >= 11 is 0. The van der Waals surface area contributed by atoms with Crippen molar-refractivity contribution in [1.29, 1.82) is 0 Å². The van der Waals surface area contributed by atoms with Crippen LogP contribution in [0.1, 0.15) is 0 Å². The van der Waals surface area contributed by atoms with Crippen LogP contribution in [0.4, 0.5) is 0 Å². The maximum Gasteiger partial charge on any atom is 4.00 e. The molecule has 0 rings (SSSR count). The first-order valence-corrected chi connectivity index (χ1v) is 0. The van der Waals surface area contributed by atoms with Gasteiger partial charge in [0.1, 0.15) is 0 Å². The van der Waals surface area contributed by atoms with Crippen molar-refractivity contribution in [3.05, 3.63) is 0 Å². The summed E-state index contributed by atoms with van der Waals surface area (Å²) < 4.78 is 0. The van der Waals surface area contributed by atoms with E-state index in [0.29, 0.717) is 0 Å². The quantitative estimate of drug-likeness (QED) is 0.358. The van der Waals surface area contributed by atoms with Crippen LogP contribution in [0.3, 0.4) is 0 Å². The Hall–Kier alpha value is 1.28. The Morgan fingerprint density at radius 2 is 0.750 bits per heavy atom. The minimum atomic E-state index is 0. The molecule has 0 N–H and O–H groups in total. The minimum Gasteiger partial charge on any atom is -1.00 e. The average molecular weight is 222 g/mol. The molecule has 0 saturated carbocycles. The fourth-order valence-electron chi connectivity index (χ4n) is 0. The molecule has 0 aromatic heterocycles. The maximum atomic E-state index is 0. The van der Waals surface area contributed by atoms with Gasteiger partial charge in [0.05, 0.1) is 0 Å². The summed E-state index contributed by atoms with van der Waals surface area (Å²) in [6, 6.07) is 0. The third kappa shape index (κ3) is 10.4. The molecule has 0 aromatic rings. The van der Waals surface area contributed by atoms with E-state index in [1.54, 1.807) is 0 Å². The molecule has 0 fully saturated rings. The van der Waals surface area contributed by atoms with Crippen molar-refractivity contribution in [3.8, 4) is 0 Å². The molecule has 0 unspecified atom stereocenters. The molecule has 0 atom stereocenters. The second-order valence-electron chi connectivity index (χ2n) is 0. The van der Waals surface area contributed by atoms with Crippen LogP contribution in [0.5, 0.6) is 0 Å². The van der Waals surface area contributed by atoms with E-state index in [0.717, 1.165) is 0 Å². The van der Waals surface area contributed by atoms with Crippen LogP contribution in [-0.4, -0.2) is 23.9 Å². The maximum absolute atomic E-state index is 0. The normalized spacial score (nSPS) is 0. The van der Waals surface area contributed by atoms with Gasteiger partial charge in [-0.2, -0.15) is 0 Å². The van der Waals surface area contributed by atoms with Crippen LogP contribution in [0, 0.1) is 0 Å². The van der Waals surface area contributed by atoms with E-state index < -0.39 is 0 Å². The van der Waals surface area contributed by atoms with E-state index in [1.807, 2.05) is 0 Å². The minimum absolute atomic E-state index is 0. The molecule has 0 aliphatic rings.